The average molecular weight is 397 g/mol. The van der Waals surface area contributed by atoms with Gasteiger partial charge < -0.3 is 10.2 Å². The van der Waals surface area contributed by atoms with Crippen molar-refractivity contribution in [1.82, 2.24) is 15.1 Å². The first kappa shape index (κ1) is 20.6. The van der Waals surface area contributed by atoms with Crippen molar-refractivity contribution in [2.45, 2.75) is 32.5 Å². The monoisotopic (exact) mass is 397 g/mol. The van der Waals surface area contributed by atoms with Gasteiger partial charge in [0, 0.05) is 51.6 Å². The van der Waals surface area contributed by atoms with Gasteiger partial charge in [-0.15, -0.1) is 0 Å². The zero-order valence-corrected chi connectivity index (χ0v) is 16.0. The van der Waals surface area contributed by atoms with E-state index in [0.717, 1.165) is 24.1 Å². The summed E-state index contributed by atoms with van der Waals surface area (Å²) in [6, 6.07) is 5.21. The van der Waals surface area contributed by atoms with Gasteiger partial charge in [-0.05, 0) is 30.0 Å². The number of carbonyl (C=O) groups excluding carboxylic acids is 2. The summed E-state index contributed by atoms with van der Waals surface area (Å²) >= 11 is 0. The second-order valence-corrected chi connectivity index (χ2v) is 7.71. The number of piperazine rings is 1. The fourth-order valence-electron chi connectivity index (χ4n) is 3.48. The Morgan fingerprint density at radius 1 is 1.11 bits per heavy atom. The van der Waals surface area contributed by atoms with Crippen LogP contribution in [0.15, 0.2) is 24.3 Å². The van der Waals surface area contributed by atoms with Gasteiger partial charge in [0.15, 0.2) is 0 Å². The summed E-state index contributed by atoms with van der Waals surface area (Å²) in [5, 5.41) is 2.82. The minimum absolute atomic E-state index is 0.0262. The molecule has 1 aromatic carbocycles. The van der Waals surface area contributed by atoms with Crippen LogP contribution >= 0.6 is 0 Å². The first-order valence-corrected chi connectivity index (χ1v) is 9.68. The van der Waals surface area contributed by atoms with Crippen molar-refractivity contribution >= 4 is 11.8 Å². The van der Waals surface area contributed by atoms with E-state index in [1.54, 1.807) is 4.90 Å². The molecule has 8 heteroatoms. The molecule has 1 aliphatic carbocycles. The van der Waals surface area contributed by atoms with Gasteiger partial charge >= 0.3 is 6.18 Å². The van der Waals surface area contributed by atoms with Crippen molar-refractivity contribution < 1.29 is 22.8 Å². The molecular weight excluding hydrogens is 371 g/mol. The van der Waals surface area contributed by atoms with E-state index in [1.165, 1.54) is 12.1 Å². The number of hydrogen-bond donors (Lipinski definition) is 1. The molecule has 1 N–H and O–H groups in total. The van der Waals surface area contributed by atoms with Crippen molar-refractivity contribution in [2.24, 2.45) is 11.8 Å². The van der Waals surface area contributed by atoms with Crippen LogP contribution < -0.4 is 5.32 Å². The Labute approximate surface area is 162 Å². The van der Waals surface area contributed by atoms with Crippen LogP contribution in [0.5, 0.6) is 0 Å². The molecule has 1 saturated carbocycles. The summed E-state index contributed by atoms with van der Waals surface area (Å²) in [7, 11) is 0. The van der Waals surface area contributed by atoms with Crippen molar-refractivity contribution in [3.63, 3.8) is 0 Å². The number of amides is 2. The van der Waals surface area contributed by atoms with Gasteiger partial charge in [0.05, 0.1) is 5.56 Å². The molecule has 1 aliphatic heterocycles. The van der Waals surface area contributed by atoms with Gasteiger partial charge in [-0.3, -0.25) is 14.5 Å². The highest BCUT2D eigenvalue weighted by Gasteiger charge is 2.38. The van der Waals surface area contributed by atoms with Crippen molar-refractivity contribution in [1.29, 1.82) is 0 Å². The second kappa shape index (κ2) is 8.51. The van der Waals surface area contributed by atoms with Crippen molar-refractivity contribution in [3.8, 4) is 0 Å². The maximum atomic E-state index is 12.6. The molecule has 2 fully saturated rings. The summed E-state index contributed by atoms with van der Waals surface area (Å²) in [6.07, 6.45) is -3.09. The molecule has 1 aromatic rings. The molecule has 154 valence electrons. The van der Waals surface area contributed by atoms with E-state index in [-0.39, 0.29) is 17.7 Å². The Balaban J connectivity index is 1.36. The maximum Gasteiger partial charge on any atom is 0.416 e. The van der Waals surface area contributed by atoms with Crippen LogP contribution in [0.4, 0.5) is 13.2 Å². The number of nitrogens with zero attached hydrogens (tertiary/aromatic N) is 2. The predicted octanol–water partition coefficient (Wildman–Crippen LogP) is 2.51. The number of halogens is 3. The SMILES string of the molecule is C[C@@H]1C[C@H]1C(=O)NCCC(=O)N1CCN(Cc2ccc(C(F)(F)F)cc2)CC1. The summed E-state index contributed by atoms with van der Waals surface area (Å²) < 4.78 is 37.9. The van der Waals surface area contributed by atoms with Crippen LogP contribution in [-0.4, -0.2) is 54.3 Å². The highest BCUT2D eigenvalue weighted by molar-refractivity contribution is 5.82. The molecule has 28 heavy (non-hydrogen) atoms. The molecule has 3 rings (SSSR count). The Hall–Kier alpha value is -2.09. The van der Waals surface area contributed by atoms with Gasteiger partial charge in [-0.2, -0.15) is 13.2 Å². The summed E-state index contributed by atoms with van der Waals surface area (Å²) in [5.74, 6) is 0.636. The molecular formula is C20H26F3N3O2. The first-order valence-electron chi connectivity index (χ1n) is 9.68. The van der Waals surface area contributed by atoms with Gasteiger partial charge in [0.25, 0.3) is 0 Å². The summed E-state index contributed by atoms with van der Waals surface area (Å²) in [6.45, 7) is 5.51. The zero-order chi connectivity index (χ0) is 20.3. The van der Waals surface area contributed by atoms with Gasteiger partial charge in [0.2, 0.25) is 11.8 Å². The van der Waals surface area contributed by atoms with E-state index in [4.69, 9.17) is 0 Å². The van der Waals surface area contributed by atoms with Gasteiger partial charge in [-0.1, -0.05) is 19.1 Å². The van der Waals surface area contributed by atoms with E-state index in [2.05, 4.69) is 10.2 Å². The third kappa shape index (κ3) is 5.47. The molecule has 0 unspecified atom stereocenters. The molecule has 0 aromatic heterocycles. The number of rotatable bonds is 6. The lowest BCUT2D eigenvalue weighted by Gasteiger charge is -2.35. The van der Waals surface area contributed by atoms with Crippen LogP contribution in [0.25, 0.3) is 0 Å². The molecule has 0 bridgehead atoms. The van der Waals surface area contributed by atoms with Gasteiger partial charge in [-0.25, -0.2) is 0 Å². The quantitative estimate of drug-likeness (QED) is 0.803. The molecule has 2 aliphatic rings. The van der Waals surface area contributed by atoms with E-state index in [0.29, 0.717) is 51.6 Å². The van der Waals surface area contributed by atoms with Gasteiger partial charge in [0.1, 0.15) is 0 Å². The highest BCUT2D eigenvalue weighted by atomic mass is 19.4. The summed E-state index contributed by atoms with van der Waals surface area (Å²) in [5.41, 5.74) is 0.180. The minimum atomic E-state index is -4.32. The van der Waals surface area contributed by atoms with Crippen LogP contribution in [0.2, 0.25) is 0 Å². The Morgan fingerprint density at radius 3 is 2.25 bits per heavy atom. The third-order valence-electron chi connectivity index (χ3n) is 5.50. The highest BCUT2D eigenvalue weighted by Crippen LogP contribution is 2.37. The largest absolute Gasteiger partial charge is 0.416 e. The zero-order valence-electron chi connectivity index (χ0n) is 16.0. The first-order chi connectivity index (χ1) is 13.2. The Kier molecular flexibility index (Phi) is 6.27. The Morgan fingerprint density at radius 2 is 1.71 bits per heavy atom. The maximum absolute atomic E-state index is 12.6. The Bertz CT molecular complexity index is 698. The lowest BCUT2D eigenvalue weighted by atomic mass is 10.1. The molecule has 1 saturated heterocycles. The second-order valence-electron chi connectivity index (χ2n) is 7.71. The van der Waals surface area contributed by atoms with E-state index >= 15 is 0 Å². The fourth-order valence-corrected chi connectivity index (χ4v) is 3.48. The van der Waals surface area contributed by atoms with E-state index in [1.807, 2.05) is 6.92 Å². The number of nitrogens with one attached hydrogen (secondary N) is 1. The minimum Gasteiger partial charge on any atom is -0.355 e. The molecule has 2 atom stereocenters. The normalized spacial score (nSPS) is 22.8. The number of carbonyl (C=O) groups is 2. The number of hydrogen-bond acceptors (Lipinski definition) is 3. The third-order valence-corrected chi connectivity index (χ3v) is 5.50. The fraction of sp³-hybridized carbons (Fsp3) is 0.600. The topological polar surface area (TPSA) is 52.7 Å². The smallest absolute Gasteiger partial charge is 0.355 e. The van der Waals surface area contributed by atoms with Crippen molar-refractivity contribution in [3.05, 3.63) is 35.4 Å². The lowest BCUT2D eigenvalue weighted by molar-refractivity contribution is -0.137. The van der Waals surface area contributed by atoms with E-state index in [9.17, 15) is 22.8 Å². The molecule has 1 heterocycles. The average Bonchev–Trinajstić information content (AvgIpc) is 3.39. The summed E-state index contributed by atoms with van der Waals surface area (Å²) in [4.78, 5) is 28.0. The molecule has 0 radical (unpaired) electrons. The predicted molar refractivity (Wildman–Crippen MR) is 98.2 cm³/mol. The van der Waals surface area contributed by atoms with E-state index < -0.39 is 11.7 Å². The van der Waals surface area contributed by atoms with Crippen molar-refractivity contribution in [2.75, 3.05) is 32.7 Å². The molecule has 5 nitrogen and oxygen atoms in total. The van der Waals surface area contributed by atoms with Crippen LogP contribution in [-0.2, 0) is 22.3 Å². The lowest BCUT2D eigenvalue weighted by Crippen LogP contribution is -2.48. The van der Waals surface area contributed by atoms with Crippen LogP contribution in [0, 0.1) is 11.8 Å². The molecule has 2 amide bonds. The standard InChI is InChI=1S/C20H26F3N3O2/c1-14-12-17(14)19(28)24-7-6-18(27)26-10-8-25(9-11-26)13-15-2-4-16(5-3-15)20(21,22)23/h2-5,14,17H,6-13H2,1H3,(H,24,28)/t14-,17-/m1/s1. The number of alkyl halides is 3. The van der Waals surface area contributed by atoms with Crippen LogP contribution in [0.3, 0.4) is 0 Å². The molecule has 0 spiro atoms. The number of benzene rings is 1. The van der Waals surface area contributed by atoms with Crippen LogP contribution in [0.1, 0.15) is 30.9 Å².